The first-order valence-electron chi connectivity index (χ1n) is 5.37. The Morgan fingerprint density at radius 1 is 1.60 bits per heavy atom. The highest BCUT2D eigenvalue weighted by Crippen LogP contribution is 2.22. The normalized spacial score (nSPS) is 18.6. The highest BCUT2D eigenvalue weighted by molar-refractivity contribution is 5.40. The van der Waals surface area contributed by atoms with Gasteiger partial charge >= 0.3 is 0 Å². The maximum atomic E-state index is 8.91. The number of hydrogen-bond donors (Lipinski definition) is 1. The minimum atomic E-state index is 0.505. The number of likely N-dealkylation sites (N-methyl/N-ethyl adjacent to an activating group) is 1. The fourth-order valence-electron chi connectivity index (χ4n) is 2.17. The Kier molecular flexibility index (Phi) is 2.70. The molecule has 0 saturated heterocycles. The summed E-state index contributed by atoms with van der Waals surface area (Å²) in [6, 6.07) is 4.69. The van der Waals surface area contributed by atoms with E-state index in [1.165, 1.54) is 5.56 Å². The molecule has 0 spiro atoms. The lowest BCUT2D eigenvalue weighted by molar-refractivity contribution is 0.550. The zero-order valence-corrected chi connectivity index (χ0v) is 9.17. The average Bonchev–Trinajstić information content (AvgIpc) is 2.58. The standard InChI is InChI=1S/C12H15N3/c1-3-14-11-5-9-4-10(7-13)8(2)15-12(9)6-11/h4,11,14H,3,5-6H2,1-2H3. The second-order valence-corrected chi connectivity index (χ2v) is 4.00. The van der Waals surface area contributed by atoms with Gasteiger partial charge in [0.15, 0.2) is 0 Å². The van der Waals surface area contributed by atoms with Crippen molar-refractivity contribution in [2.75, 3.05) is 6.54 Å². The first-order valence-corrected chi connectivity index (χ1v) is 5.37. The SMILES string of the molecule is CCNC1Cc2cc(C#N)c(C)nc2C1. The van der Waals surface area contributed by atoms with Gasteiger partial charge in [0.25, 0.3) is 0 Å². The van der Waals surface area contributed by atoms with Crippen molar-refractivity contribution in [3.8, 4) is 6.07 Å². The summed E-state index contributed by atoms with van der Waals surface area (Å²) in [5.74, 6) is 0. The van der Waals surface area contributed by atoms with E-state index in [9.17, 15) is 0 Å². The van der Waals surface area contributed by atoms with Gasteiger partial charge in [-0.1, -0.05) is 6.92 Å². The van der Waals surface area contributed by atoms with E-state index in [1.807, 2.05) is 13.0 Å². The summed E-state index contributed by atoms with van der Waals surface area (Å²) < 4.78 is 0. The number of hydrogen-bond acceptors (Lipinski definition) is 3. The van der Waals surface area contributed by atoms with Crippen molar-refractivity contribution in [1.82, 2.24) is 10.3 Å². The molecule has 0 radical (unpaired) electrons. The van der Waals surface area contributed by atoms with Crippen molar-refractivity contribution < 1.29 is 0 Å². The van der Waals surface area contributed by atoms with E-state index in [1.54, 1.807) is 0 Å². The smallest absolute Gasteiger partial charge is 0.101 e. The summed E-state index contributed by atoms with van der Waals surface area (Å²) in [4.78, 5) is 4.49. The zero-order chi connectivity index (χ0) is 10.8. The van der Waals surface area contributed by atoms with Gasteiger partial charge in [0.2, 0.25) is 0 Å². The maximum Gasteiger partial charge on any atom is 0.101 e. The molecule has 1 N–H and O–H groups in total. The van der Waals surface area contributed by atoms with E-state index in [4.69, 9.17) is 5.26 Å². The fraction of sp³-hybridized carbons (Fsp3) is 0.500. The lowest BCUT2D eigenvalue weighted by Gasteiger charge is -2.07. The minimum absolute atomic E-state index is 0.505. The predicted molar refractivity (Wildman–Crippen MR) is 58.6 cm³/mol. The number of pyridine rings is 1. The van der Waals surface area contributed by atoms with Crippen molar-refractivity contribution in [2.24, 2.45) is 0 Å². The van der Waals surface area contributed by atoms with Crippen LogP contribution in [0.4, 0.5) is 0 Å². The Bertz CT molecular complexity index is 418. The molecule has 0 aromatic carbocycles. The third-order valence-corrected chi connectivity index (χ3v) is 2.90. The molecule has 1 aliphatic rings. The van der Waals surface area contributed by atoms with Crippen molar-refractivity contribution in [3.63, 3.8) is 0 Å². The van der Waals surface area contributed by atoms with E-state index in [0.29, 0.717) is 11.6 Å². The Morgan fingerprint density at radius 3 is 3.07 bits per heavy atom. The molecule has 0 bridgehead atoms. The van der Waals surface area contributed by atoms with E-state index in [2.05, 4.69) is 23.3 Å². The second kappa shape index (κ2) is 4.00. The number of aryl methyl sites for hydroxylation is 1. The van der Waals surface area contributed by atoms with Gasteiger partial charge in [-0.15, -0.1) is 0 Å². The van der Waals surface area contributed by atoms with Crippen LogP contribution >= 0.6 is 0 Å². The molecule has 0 fully saturated rings. The molecule has 3 nitrogen and oxygen atoms in total. The van der Waals surface area contributed by atoms with Gasteiger partial charge in [0.05, 0.1) is 11.3 Å². The summed E-state index contributed by atoms with van der Waals surface area (Å²) in [5, 5.41) is 12.3. The molecular weight excluding hydrogens is 186 g/mol. The molecule has 1 aromatic rings. The van der Waals surface area contributed by atoms with Crippen molar-refractivity contribution in [2.45, 2.75) is 32.7 Å². The molecule has 78 valence electrons. The number of nitrogens with zero attached hydrogens (tertiary/aromatic N) is 2. The number of fused-ring (bicyclic) bond motifs is 1. The predicted octanol–water partition coefficient (Wildman–Crippen LogP) is 1.34. The third-order valence-electron chi connectivity index (χ3n) is 2.90. The highest BCUT2D eigenvalue weighted by Gasteiger charge is 2.22. The molecule has 1 aromatic heterocycles. The average molecular weight is 201 g/mol. The maximum absolute atomic E-state index is 8.91. The van der Waals surface area contributed by atoms with E-state index in [0.717, 1.165) is 30.8 Å². The number of nitrogens with one attached hydrogen (secondary N) is 1. The van der Waals surface area contributed by atoms with Gasteiger partial charge in [-0.3, -0.25) is 4.98 Å². The zero-order valence-electron chi connectivity index (χ0n) is 9.17. The molecule has 1 atom stereocenters. The number of rotatable bonds is 2. The molecule has 1 aliphatic carbocycles. The van der Waals surface area contributed by atoms with Crippen LogP contribution in [0, 0.1) is 18.3 Å². The quantitative estimate of drug-likeness (QED) is 0.785. The fourth-order valence-corrected chi connectivity index (χ4v) is 2.17. The van der Waals surface area contributed by atoms with E-state index in [-0.39, 0.29) is 0 Å². The molecule has 0 aliphatic heterocycles. The summed E-state index contributed by atoms with van der Waals surface area (Å²) in [5.41, 5.74) is 3.97. The van der Waals surface area contributed by atoms with Crippen molar-refractivity contribution in [3.05, 3.63) is 28.6 Å². The monoisotopic (exact) mass is 201 g/mol. The molecule has 3 heteroatoms. The lowest BCUT2D eigenvalue weighted by Crippen LogP contribution is -2.29. The van der Waals surface area contributed by atoms with Crippen LogP contribution < -0.4 is 5.32 Å². The third kappa shape index (κ3) is 1.86. The van der Waals surface area contributed by atoms with Crippen molar-refractivity contribution >= 4 is 0 Å². The number of aromatic nitrogens is 1. The van der Waals surface area contributed by atoms with Gasteiger partial charge < -0.3 is 5.32 Å². The van der Waals surface area contributed by atoms with Gasteiger partial charge in [0.1, 0.15) is 6.07 Å². The van der Waals surface area contributed by atoms with Crippen LogP contribution in [0.3, 0.4) is 0 Å². The highest BCUT2D eigenvalue weighted by atomic mass is 14.9. The Labute approximate surface area is 90.1 Å². The first-order chi connectivity index (χ1) is 7.24. The summed E-state index contributed by atoms with van der Waals surface area (Å²) in [6.45, 7) is 5.00. The Hall–Kier alpha value is -1.40. The Balaban J connectivity index is 2.28. The van der Waals surface area contributed by atoms with Crippen LogP contribution in [0.2, 0.25) is 0 Å². The molecule has 0 amide bonds. The van der Waals surface area contributed by atoms with Crippen molar-refractivity contribution in [1.29, 1.82) is 5.26 Å². The van der Waals surface area contributed by atoms with Crippen LogP contribution in [0.15, 0.2) is 6.07 Å². The molecule has 2 rings (SSSR count). The van der Waals surface area contributed by atoms with Gasteiger partial charge in [-0.25, -0.2) is 0 Å². The molecular formula is C12H15N3. The van der Waals surface area contributed by atoms with Crippen LogP contribution in [-0.4, -0.2) is 17.6 Å². The topological polar surface area (TPSA) is 48.7 Å². The summed E-state index contributed by atoms with van der Waals surface area (Å²) in [7, 11) is 0. The van der Waals surface area contributed by atoms with Crippen LogP contribution in [0.5, 0.6) is 0 Å². The minimum Gasteiger partial charge on any atom is -0.314 e. The lowest BCUT2D eigenvalue weighted by atomic mass is 10.1. The van der Waals surface area contributed by atoms with Gasteiger partial charge in [-0.2, -0.15) is 5.26 Å². The second-order valence-electron chi connectivity index (χ2n) is 4.00. The molecule has 15 heavy (non-hydrogen) atoms. The van der Waals surface area contributed by atoms with E-state index >= 15 is 0 Å². The van der Waals surface area contributed by atoms with E-state index < -0.39 is 0 Å². The summed E-state index contributed by atoms with van der Waals surface area (Å²) in [6.07, 6.45) is 2.00. The Morgan fingerprint density at radius 2 is 2.40 bits per heavy atom. The first kappa shape index (κ1) is 10.1. The largest absolute Gasteiger partial charge is 0.314 e. The summed E-state index contributed by atoms with van der Waals surface area (Å²) >= 11 is 0. The van der Waals surface area contributed by atoms with Crippen LogP contribution in [0.25, 0.3) is 0 Å². The van der Waals surface area contributed by atoms with Crippen LogP contribution in [0.1, 0.15) is 29.4 Å². The molecule has 1 unspecified atom stereocenters. The number of nitriles is 1. The molecule has 1 heterocycles. The van der Waals surface area contributed by atoms with Gasteiger partial charge in [-0.05, 0) is 31.5 Å². The molecule has 0 saturated carbocycles. The van der Waals surface area contributed by atoms with Gasteiger partial charge in [0, 0.05) is 18.2 Å². The van der Waals surface area contributed by atoms with Crippen LogP contribution in [-0.2, 0) is 12.8 Å².